The standard InChI is InChI=1S/C22H29FN6O3/c1-4-32-14-13-29-18(24-20-19(29)21(30)26(3)22(31)25(20)2)15-27-9-11-28(12-10-27)17-7-5-16(23)6-8-17/h5-8H,4,9-15H2,1-3H3/p+1. The van der Waals surface area contributed by atoms with Gasteiger partial charge in [0, 0.05) is 32.9 Å². The van der Waals surface area contributed by atoms with Gasteiger partial charge in [0.1, 0.15) is 12.4 Å². The molecule has 2 aromatic heterocycles. The second-order valence-corrected chi connectivity index (χ2v) is 8.14. The third-order valence-corrected chi connectivity index (χ3v) is 6.16. The normalized spacial score (nSPS) is 15.1. The molecule has 10 heteroatoms. The highest BCUT2D eigenvalue weighted by Crippen LogP contribution is 2.15. The molecule has 1 aromatic carbocycles. The summed E-state index contributed by atoms with van der Waals surface area (Å²) in [4.78, 5) is 33.6. The van der Waals surface area contributed by atoms with Crippen molar-refractivity contribution in [1.82, 2.24) is 18.7 Å². The minimum Gasteiger partial charge on any atom is -0.380 e. The molecule has 0 unspecified atom stereocenters. The number of halogens is 1. The number of rotatable bonds is 7. The van der Waals surface area contributed by atoms with Crippen molar-refractivity contribution >= 4 is 16.9 Å². The van der Waals surface area contributed by atoms with Crippen LogP contribution < -0.4 is 21.0 Å². The van der Waals surface area contributed by atoms with E-state index < -0.39 is 0 Å². The molecule has 1 fully saturated rings. The van der Waals surface area contributed by atoms with Gasteiger partial charge >= 0.3 is 5.69 Å². The molecular formula is C22H30FN6O3+. The van der Waals surface area contributed by atoms with Crippen molar-refractivity contribution in [2.45, 2.75) is 20.0 Å². The van der Waals surface area contributed by atoms with Crippen LogP contribution in [0, 0.1) is 5.82 Å². The molecule has 9 nitrogen and oxygen atoms in total. The molecule has 1 aliphatic rings. The summed E-state index contributed by atoms with van der Waals surface area (Å²) in [5, 5.41) is 0. The summed E-state index contributed by atoms with van der Waals surface area (Å²) in [6, 6.07) is 6.59. The quantitative estimate of drug-likeness (QED) is 0.497. The average Bonchev–Trinajstić information content (AvgIpc) is 3.16. The lowest BCUT2D eigenvalue weighted by Crippen LogP contribution is -3.13. The fourth-order valence-electron chi connectivity index (χ4n) is 4.30. The molecule has 1 aliphatic heterocycles. The molecule has 1 N–H and O–H groups in total. The zero-order valence-corrected chi connectivity index (χ0v) is 18.8. The highest BCUT2D eigenvalue weighted by Gasteiger charge is 2.25. The number of quaternary nitrogens is 1. The first-order valence-corrected chi connectivity index (χ1v) is 11.0. The van der Waals surface area contributed by atoms with Crippen LogP contribution in [0.4, 0.5) is 10.1 Å². The summed E-state index contributed by atoms with van der Waals surface area (Å²) >= 11 is 0. The minimum absolute atomic E-state index is 0.232. The van der Waals surface area contributed by atoms with Crippen molar-refractivity contribution in [3.63, 3.8) is 0 Å². The van der Waals surface area contributed by atoms with Gasteiger partial charge in [-0.3, -0.25) is 13.9 Å². The maximum absolute atomic E-state index is 13.2. The second-order valence-electron chi connectivity index (χ2n) is 8.14. The smallest absolute Gasteiger partial charge is 0.332 e. The Hall–Kier alpha value is -2.98. The van der Waals surface area contributed by atoms with Gasteiger partial charge in [-0.15, -0.1) is 0 Å². The van der Waals surface area contributed by atoms with Crippen LogP contribution in [0.25, 0.3) is 11.2 Å². The third-order valence-electron chi connectivity index (χ3n) is 6.16. The molecule has 32 heavy (non-hydrogen) atoms. The highest BCUT2D eigenvalue weighted by atomic mass is 19.1. The number of anilines is 1. The Kier molecular flexibility index (Phi) is 6.43. The number of aromatic nitrogens is 4. The zero-order valence-electron chi connectivity index (χ0n) is 18.8. The van der Waals surface area contributed by atoms with E-state index in [0.717, 1.165) is 42.3 Å². The summed E-state index contributed by atoms with van der Waals surface area (Å²) in [5.74, 6) is 0.549. The topological polar surface area (TPSA) is 78.7 Å². The van der Waals surface area contributed by atoms with E-state index in [4.69, 9.17) is 9.72 Å². The van der Waals surface area contributed by atoms with Gasteiger partial charge in [0.15, 0.2) is 17.0 Å². The molecule has 0 saturated carbocycles. The number of imidazole rings is 1. The predicted molar refractivity (Wildman–Crippen MR) is 120 cm³/mol. The number of fused-ring (bicyclic) bond motifs is 1. The molecule has 3 heterocycles. The van der Waals surface area contributed by atoms with E-state index in [2.05, 4.69) is 4.90 Å². The van der Waals surface area contributed by atoms with E-state index in [1.807, 2.05) is 23.6 Å². The van der Waals surface area contributed by atoms with Crippen LogP contribution in [-0.4, -0.2) is 58.1 Å². The maximum atomic E-state index is 13.2. The molecule has 0 aliphatic carbocycles. The summed E-state index contributed by atoms with van der Waals surface area (Å²) in [5.41, 5.74) is 1.15. The number of benzene rings is 1. The Bertz CT molecular complexity index is 1210. The Morgan fingerprint density at radius 3 is 2.44 bits per heavy atom. The van der Waals surface area contributed by atoms with Crippen LogP contribution in [-0.2, 0) is 31.9 Å². The number of hydrogen-bond donors (Lipinski definition) is 1. The Balaban J connectivity index is 1.58. The fraction of sp³-hybridized carbons (Fsp3) is 0.500. The van der Waals surface area contributed by atoms with E-state index >= 15 is 0 Å². The Morgan fingerprint density at radius 2 is 1.78 bits per heavy atom. The lowest BCUT2D eigenvalue weighted by Gasteiger charge is -2.33. The molecule has 4 rings (SSSR count). The number of piperazine rings is 1. The van der Waals surface area contributed by atoms with Crippen LogP contribution in [0.3, 0.4) is 0 Å². The zero-order chi connectivity index (χ0) is 22.8. The second kappa shape index (κ2) is 9.25. The van der Waals surface area contributed by atoms with Crippen molar-refractivity contribution < 1.29 is 14.0 Å². The number of aryl methyl sites for hydroxylation is 1. The van der Waals surface area contributed by atoms with Gasteiger partial charge in [-0.1, -0.05) is 0 Å². The van der Waals surface area contributed by atoms with Gasteiger partial charge in [-0.2, -0.15) is 0 Å². The predicted octanol–water partition coefficient (Wildman–Crippen LogP) is -0.486. The largest absolute Gasteiger partial charge is 0.380 e. The lowest BCUT2D eigenvalue weighted by molar-refractivity contribution is -0.915. The van der Waals surface area contributed by atoms with Gasteiger partial charge < -0.3 is 19.1 Å². The summed E-state index contributed by atoms with van der Waals surface area (Å²) in [7, 11) is 3.13. The monoisotopic (exact) mass is 445 g/mol. The van der Waals surface area contributed by atoms with E-state index in [9.17, 15) is 14.0 Å². The molecule has 1 saturated heterocycles. The average molecular weight is 446 g/mol. The first-order valence-electron chi connectivity index (χ1n) is 11.0. The van der Waals surface area contributed by atoms with Gasteiger partial charge in [0.2, 0.25) is 0 Å². The molecule has 0 spiro atoms. The lowest BCUT2D eigenvalue weighted by atomic mass is 10.2. The Labute approximate surface area is 185 Å². The highest BCUT2D eigenvalue weighted by molar-refractivity contribution is 5.71. The van der Waals surface area contributed by atoms with Crippen molar-refractivity contribution in [2.75, 3.05) is 44.3 Å². The summed E-state index contributed by atoms with van der Waals surface area (Å²) in [6.07, 6.45) is 0. The number of ether oxygens (including phenoxy) is 1. The molecule has 3 aromatic rings. The molecule has 0 amide bonds. The molecule has 0 atom stereocenters. The number of nitrogens with zero attached hydrogens (tertiary/aromatic N) is 5. The summed E-state index contributed by atoms with van der Waals surface area (Å²) in [6.45, 7) is 7.62. The number of hydrogen-bond acceptors (Lipinski definition) is 5. The molecular weight excluding hydrogens is 415 g/mol. The Morgan fingerprint density at radius 1 is 1.09 bits per heavy atom. The van der Waals surface area contributed by atoms with E-state index in [1.54, 1.807) is 7.05 Å². The van der Waals surface area contributed by atoms with E-state index in [0.29, 0.717) is 37.5 Å². The molecule has 0 radical (unpaired) electrons. The SMILES string of the molecule is CCOCCn1c(C[NH+]2CCN(c3ccc(F)cc3)CC2)nc2c1c(=O)n(C)c(=O)n2C. The fourth-order valence-corrected chi connectivity index (χ4v) is 4.30. The molecule has 0 bridgehead atoms. The first kappa shape index (κ1) is 22.2. The van der Waals surface area contributed by atoms with Crippen molar-refractivity contribution in [3.05, 3.63) is 56.7 Å². The third kappa shape index (κ3) is 4.20. The number of nitrogens with one attached hydrogen (secondary N) is 1. The van der Waals surface area contributed by atoms with Gasteiger partial charge in [0.25, 0.3) is 5.56 Å². The van der Waals surface area contributed by atoms with Crippen LogP contribution in [0.15, 0.2) is 33.9 Å². The van der Waals surface area contributed by atoms with Gasteiger partial charge in [0.05, 0.1) is 32.8 Å². The first-order chi connectivity index (χ1) is 15.4. The van der Waals surface area contributed by atoms with Crippen LogP contribution in [0.5, 0.6) is 0 Å². The van der Waals surface area contributed by atoms with Gasteiger partial charge in [-0.05, 0) is 31.2 Å². The van der Waals surface area contributed by atoms with Crippen molar-refractivity contribution in [1.29, 1.82) is 0 Å². The molecule has 172 valence electrons. The van der Waals surface area contributed by atoms with E-state index in [1.165, 1.54) is 28.6 Å². The maximum Gasteiger partial charge on any atom is 0.332 e. The van der Waals surface area contributed by atoms with Crippen LogP contribution in [0.1, 0.15) is 12.7 Å². The minimum atomic E-state index is -0.385. The van der Waals surface area contributed by atoms with Crippen molar-refractivity contribution in [3.8, 4) is 0 Å². The van der Waals surface area contributed by atoms with Crippen molar-refractivity contribution in [2.24, 2.45) is 14.1 Å². The van der Waals surface area contributed by atoms with Gasteiger partial charge in [-0.25, -0.2) is 14.2 Å². The van der Waals surface area contributed by atoms with Crippen LogP contribution in [0.2, 0.25) is 0 Å². The van der Waals surface area contributed by atoms with Crippen LogP contribution >= 0.6 is 0 Å². The van der Waals surface area contributed by atoms with E-state index in [-0.39, 0.29) is 17.1 Å². The summed E-state index contributed by atoms with van der Waals surface area (Å²) < 4.78 is 23.2.